The van der Waals surface area contributed by atoms with Gasteiger partial charge in [0.1, 0.15) is 0 Å². The first kappa shape index (κ1) is 11.9. The van der Waals surface area contributed by atoms with Gasteiger partial charge in [-0.15, -0.1) is 0 Å². The van der Waals surface area contributed by atoms with Crippen LogP contribution in [0.3, 0.4) is 0 Å². The summed E-state index contributed by atoms with van der Waals surface area (Å²) < 4.78 is 0. The molecule has 58 valence electrons. The molecule has 0 heterocycles. The molecule has 3 heteroatoms. The van der Waals surface area contributed by atoms with Gasteiger partial charge in [-0.2, -0.15) is 0 Å². The lowest BCUT2D eigenvalue weighted by Gasteiger charge is -2.14. The Morgan fingerprint density at radius 1 is 1.22 bits per heavy atom. The molecule has 0 spiro atoms. The van der Waals surface area contributed by atoms with Crippen LogP contribution in [0.4, 0.5) is 0 Å². The first-order chi connectivity index (χ1) is 3.85. The number of nitrogens with zero attached hydrogens (tertiary/aromatic N) is 1. The first-order valence-corrected chi connectivity index (χ1v) is 3.36. The van der Waals surface area contributed by atoms with Gasteiger partial charge >= 0.3 is 0 Å². The molecule has 0 fully saturated rings. The van der Waals surface area contributed by atoms with Gasteiger partial charge in [-0.05, 0) is 13.1 Å². The SMILES string of the molecule is CCN(CC)CC[NH3+].[Cl-]. The Morgan fingerprint density at radius 2 is 1.67 bits per heavy atom. The lowest BCUT2D eigenvalue weighted by Crippen LogP contribution is -3.00. The standard InChI is InChI=1S/C6H16N2.ClH/c1-3-8(4-2)6-5-7;/h3-7H2,1-2H3;1H. The zero-order valence-electron chi connectivity index (χ0n) is 6.36. The zero-order valence-corrected chi connectivity index (χ0v) is 7.12. The number of rotatable bonds is 4. The van der Waals surface area contributed by atoms with Crippen molar-refractivity contribution in [3.63, 3.8) is 0 Å². The normalized spacial score (nSPS) is 9.33. The lowest BCUT2D eigenvalue weighted by molar-refractivity contribution is -0.368. The van der Waals surface area contributed by atoms with Crippen LogP contribution in [0, 0.1) is 0 Å². The van der Waals surface area contributed by atoms with Crippen molar-refractivity contribution in [2.24, 2.45) is 0 Å². The highest BCUT2D eigenvalue weighted by molar-refractivity contribution is 4.47. The molecular formula is C6H17ClN2. The van der Waals surface area contributed by atoms with Gasteiger partial charge in [0.15, 0.2) is 0 Å². The second-order valence-electron chi connectivity index (χ2n) is 1.88. The molecule has 2 nitrogen and oxygen atoms in total. The minimum atomic E-state index is 0. The molecule has 0 aromatic heterocycles. The third-order valence-corrected chi connectivity index (χ3v) is 1.37. The van der Waals surface area contributed by atoms with Crippen LogP contribution in [0.25, 0.3) is 0 Å². The highest BCUT2D eigenvalue weighted by Gasteiger charge is 1.94. The van der Waals surface area contributed by atoms with Crippen molar-refractivity contribution in [2.45, 2.75) is 13.8 Å². The van der Waals surface area contributed by atoms with Crippen molar-refractivity contribution < 1.29 is 18.1 Å². The molecule has 0 atom stereocenters. The van der Waals surface area contributed by atoms with E-state index in [1.165, 1.54) is 0 Å². The number of hydrogen-bond acceptors (Lipinski definition) is 1. The summed E-state index contributed by atoms with van der Waals surface area (Å²) >= 11 is 0. The van der Waals surface area contributed by atoms with Crippen LogP contribution in [0.2, 0.25) is 0 Å². The molecule has 0 aliphatic heterocycles. The van der Waals surface area contributed by atoms with Crippen molar-refractivity contribution in [3.05, 3.63) is 0 Å². The van der Waals surface area contributed by atoms with E-state index >= 15 is 0 Å². The number of likely N-dealkylation sites (N-methyl/N-ethyl adjacent to an activating group) is 1. The summed E-state index contributed by atoms with van der Waals surface area (Å²) in [4.78, 5) is 2.37. The molecule has 0 aliphatic carbocycles. The summed E-state index contributed by atoms with van der Waals surface area (Å²) in [5.41, 5.74) is 3.78. The Kier molecular flexibility index (Phi) is 10.9. The molecular weight excluding hydrogens is 136 g/mol. The molecule has 0 amide bonds. The Morgan fingerprint density at radius 3 is 1.78 bits per heavy atom. The molecule has 0 unspecified atom stereocenters. The van der Waals surface area contributed by atoms with Gasteiger partial charge in [0.25, 0.3) is 0 Å². The quantitative estimate of drug-likeness (QED) is 0.447. The molecule has 0 bridgehead atoms. The summed E-state index contributed by atoms with van der Waals surface area (Å²) in [7, 11) is 0. The maximum Gasteiger partial charge on any atom is 0.0869 e. The van der Waals surface area contributed by atoms with Crippen molar-refractivity contribution in [3.8, 4) is 0 Å². The van der Waals surface area contributed by atoms with Crippen LogP contribution in [0.1, 0.15) is 13.8 Å². The first-order valence-electron chi connectivity index (χ1n) is 3.36. The summed E-state index contributed by atoms with van der Waals surface area (Å²) in [6.07, 6.45) is 0. The van der Waals surface area contributed by atoms with Crippen LogP contribution in [0.5, 0.6) is 0 Å². The second kappa shape index (κ2) is 8.21. The van der Waals surface area contributed by atoms with Gasteiger partial charge in [0, 0.05) is 6.54 Å². The molecule has 0 aromatic rings. The van der Waals surface area contributed by atoms with E-state index in [1.54, 1.807) is 0 Å². The van der Waals surface area contributed by atoms with Crippen molar-refractivity contribution in [1.29, 1.82) is 0 Å². The predicted octanol–water partition coefficient (Wildman–Crippen LogP) is -3.43. The fraction of sp³-hybridized carbons (Fsp3) is 1.00. The second-order valence-corrected chi connectivity index (χ2v) is 1.88. The fourth-order valence-electron chi connectivity index (χ4n) is 0.763. The molecule has 3 N–H and O–H groups in total. The topological polar surface area (TPSA) is 30.9 Å². The molecule has 0 saturated heterocycles. The van der Waals surface area contributed by atoms with Crippen LogP contribution in [0.15, 0.2) is 0 Å². The van der Waals surface area contributed by atoms with E-state index in [9.17, 15) is 0 Å². The van der Waals surface area contributed by atoms with Gasteiger partial charge in [-0.3, -0.25) is 4.90 Å². The lowest BCUT2D eigenvalue weighted by atomic mass is 10.5. The number of halogens is 1. The highest BCUT2D eigenvalue weighted by Crippen LogP contribution is 1.81. The van der Waals surface area contributed by atoms with Gasteiger partial charge in [0.05, 0.1) is 6.54 Å². The van der Waals surface area contributed by atoms with E-state index in [-0.39, 0.29) is 12.4 Å². The van der Waals surface area contributed by atoms with Crippen LogP contribution >= 0.6 is 0 Å². The summed E-state index contributed by atoms with van der Waals surface area (Å²) in [5, 5.41) is 0. The van der Waals surface area contributed by atoms with Crippen LogP contribution in [-0.4, -0.2) is 31.1 Å². The Labute approximate surface area is 63.8 Å². The maximum absolute atomic E-state index is 3.78. The van der Waals surface area contributed by atoms with Gasteiger partial charge < -0.3 is 18.1 Å². The number of hydrogen-bond donors (Lipinski definition) is 1. The van der Waals surface area contributed by atoms with Gasteiger partial charge in [0.2, 0.25) is 0 Å². The van der Waals surface area contributed by atoms with Crippen LogP contribution < -0.4 is 18.1 Å². The van der Waals surface area contributed by atoms with Gasteiger partial charge in [-0.1, -0.05) is 13.8 Å². The largest absolute Gasteiger partial charge is 1.00 e. The predicted molar refractivity (Wildman–Crippen MR) is 35.5 cm³/mol. The van der Waals surface area contributed by atoms with E-state index < -0.39 is 0 Å². The summed E-state index contributed by atoms with van der Waals surface area (Å²) in [5.74, 6) is 0. The minimum absolute atomic E-state index is 0. The average molecular weight is 153 g/mol. The molecule has 0 rings (SSSR count). The van der Waals surface area contributed by atoms with E-state index in [4.69, 9.17) is 0 Å². The molecule has 9 heavy (non-hydrogen) atoms. The monoisotopic (exact) mass is 152 g/mol. The molecule has 0 saturated carbocycles. The summed E-state index contributed by atoms with van der Waals surface area (Å²) in [6.45, 7) is 8.85. The Hall–Kier alpha value is 0.210. The molecule has 0 aromatic carbocycles. The molecule has 0 aliphatic rings. The third-order valence-electron chi connectivity index (χ3n) is 1.37. The van der Waals surface area contributed by atoms with Gasteiger partial charge in [-0.25, -0.2) is 0 Å². The minimum Gasteiger partial charge on any atom is -1.00 e. The third kappa shape index (κ3) is 6.09. The van der Waals surface area contributed by atoms with Crippen molar-refractivity contribution >= 4 is 0 Å². The van der Waals surface area contributed by atoms with Crippen LogP contribution in [-0.2, 0) is 0 Å². The Bertz CT molecular complexity index is 46.3. The van der Waals surface area contributed by atoms with Crippen molar-refractivity contribution in [1.82, 2.24) is 4.90 Å². The zero-order chi connectivity index (χ0) is 6.41. The molecule has 0 radical (unpaired) electrons. The van der Waals surface area contributed by atoms with E-state index in [2.05, 4.69) is 24.5 Å². The van der Waals surface area contributed by atoms with E-state index in [0.29, 0.717) is 0 Å². The highest BCUT2D eigenvalue weighted by atomic mass is 35.5. The van der Waals surface area contributed by atoms with Crippen molar-refractivity contribution in [2.75, 3.05) is 26.2 Å². The average Bonchev–Trinajstić information content (AvgIpc) is 1.83. The van der Waals surface area contributed by atoms with E-state index in [0.717, 1.165) is 26.2 Å². The van der Waals surface area contributed by atoms with E-state index in [1.807, 2.05) is 0 Å². The number of quaternary nitrogens is 1. The smallest absolute Gasteiger partial charge is 0.0869 e. The maximum atomic E-state index is 3.78. The fourth-order valence-corrected chi connectivity index (χ4v) is 0.763. The summed E-state index contributed by atoms with van der Waals surface area (Å²) in [6, 6.07) is 0. The Balaban J connectivity index is 0.